The maximum absolute atomic E-state index is 13.2. The van der Waals surface area contributed by atoms with E-state index < -0.39 is 16.1 Å². The van der Waals surface area contributed by atoms with E-state index in [9.17, 15) is 13.2 Å². The molecule has 0 fully saturated rings. The summed E-state index contributed by atoms with van der Waals surface area (Å²) >= 11 is 0. The normalized spacial score (nSPS) is 11.6. The van der Waals surface area contributed by atoms with Crippen LogP contribution < -0.4 is 9.47 Å². The fourth-order valence-electron chi connectivity index (χ4n) is 2.87. The predicted molar refractivity (Wildman–Crippen MR) is 115 cm³/mol. The first-order valence-electron chi connectivity index (χ1n) is 9.31. The highest BCUT2D eigenvalue weighted by Crippen LogP contribution is 2.31. The van der Waals surface area contributed by atoms with Crippen molar-refractivity contribution in [2.75, 3.05) is 41.3 Å². The summed E-state index contributed by atoms with van der Waals surface area (Å²) in [5.41, 5.74) is 0.423. The molecule has 0 spiro atoms. The fourth-order valence-corrected chi connectivity index (χ4v) is 4.23. The number of hydrogen-bond donors (Lipinski definition) is 0. The van der Waals surface area contributed by atoms with E-state index in [0.717, 1.165) is 3.97 Å². The summed E-state index contributed by atoms with van der Waals surface area (Å²) in [6, 6.07) is 13.0. The summed E-state index contributed by atoms with van der Waals surface area (Å²) in [5.74, 6) is 0.742. The van der Waals surface area contributed by atoms with Gasteiger partial charge in [0.05, 0.1) is 23.7 Å². The largest absolute Gasteiger partial charge is 0.497 e. The zero-order valence-corrected chi connectivity index (χ0v) is 18.2. The Morgan fingerprint density at radius 2 is 1.67 bits per heavy atom. The van der Waals surface area contributed by atoms with E-state index in [1.807, 2.05) is 19.0 Å². The van der Waals surface area contributed by atoms with E-state index in [-0.39, 0.29) is 10.6 Å². The molecule has 160 valence electrons. The average molecular weight is 432 g/mol. The van der Waals surface area contributed by atoms with Gasteiger partial charge in [-0.3, -0.25) is 0 Å². The van der Waals surface area contributed by atoms with Crippen molar-refractivity contribution in [1.29, 1.82) is 0 Å². The van der Waals surface area contributed by atoms with Gasteiger partial charge in [-0.15, -0.1) is 0 Å². The molecule has 0 saturated heterocycles. The van der Waals surface area contributed by atoms with Crippen LogP contribution >= 0.6 is 0 Å². The number of rotatable bonds is 7. The van der Waals surface area contributed by atoms with Crippen LogP contribution in [0.1, 0.15) is 0 Å². The van der Waals surface area contributed by atoms with Gasteiger partial charge in [0.1, 0.15) is 5.75 Å². The van der Waals surface area contributed by atoms with Crippen LogP contribution in [0.15, 0.2) is 59.6 Å². The second-order valence-electron chi connectivity index (χ2n) is 7.08. The Kier molecular flexibility index (Phi) is 6.33. The number of aromatic nitrogens is 1. The molecule has 0 unspecified atom stereocenters. The second-order valence-corrected chi connectivity index (χ2v) is 8.89. The Bertz CT molecular complexity index is 1140. The van der Waals surface area contributed by atoms with Gasteiger partial charge in [0.2, 0.25) is 0 Å². The Morgan fingerprint density at radius 1 is 1.00 bits per heavy atom. The number of methoxy groups -OCH3 is 1. The molecule has 2 aromatic carbocycles. The van der Waals surface area contributed by atoms with E-state index in [1.165, 1.54) is 30.3 Å². The van der Waals surface area contributed by atoms with Gasteiger partial charge < -0.3 is 19.3 Å². The molecule has 1 amide bonds. The first-order chi connectivity index (χ1) is 14.2. The van der Waals surface area contributed by atoms with Crippen molar-refractivity contribution in [2.24, 2.45) is 0 Å². The van der Waals surface area contributed by atoms with Gasteiger partial charge in [0, 0.05) is 25.5 Å². The smallest absolute Gasteiger partial charge is 0.415 e. The molecule has 9 heteroatoms. The molecule has 0 aliphatic heterocycles. The number of amides is 1. The predicted octanol–water partition coefficient (Wildman–Crippen LogP) is 2.88. The van der Waals surface area contributed by atoms with Crippen LogP contribution in [0.25, 0.3) is 10.9 Å². The molecule has 3 aromatic rings. The van der Waals surface area contributed by atoms with E-state index in [2.05, 4.69) is 0 Å². The van der Waals surface area contributed by atoms with Crippen LogP contribution in [0.2, 0.25) is 0 Å². The number of ether oxygens (including phenoxy) is 2. The summed E-state index contributed by atoms with van der Waals surface area (Å²) in [7, 11) is 3.08. The van der Waals surface area contributed by atoms with E-state index in [1.54, 1.807) is 43.4 Å². The Hall–Kier alpha value is -3.04. The molecule has 0 atom stereocenters. The Labute approximate surface area is 176 Å². The number of para-hydroxylation sites is 1. The lowest BCUT2D eigenvalue weighted by atomic mass is 10.2. The summed E-state index contributed by atoms with van der Waals surface area (Å²) < 4.78 is 38.2. The van der Waals surface area contributed by atoms with Crippen molar-refractivity contribution in [3.05, 3.63) is 54.7 Å². The number of likely N-dealkylation sites (N-methyl/N-ethyl adjacent to an activating group) is 2. The topological polar surface area (TPSA) is 81.1 Å². The highest BCUT2D eigenvalue weighted by Gasteiger charge is 2.23. The highest BCUT2D eigenvalue weighted by molar-refractivity contribution is 7.90. The lowest BCUT2D eigenvalue weighted by Gasteiger charge is -2.18. The zero-order valence-electron chi connectivity index (χ0n) is 17.4. The Morgan fingerprint density at radius 3 is 2.30 bits per heavy atom. The molecule has 0 N–H and O–H groups in total. The van der Waals surface area contributed by atoms with Crippen molar-refractivity contribution in [2.45, 2.75) is 4.90 Å². The van der Waals surface area contributed by atoms with Gasteiger partial charge in [-0.05, 0) is 50.5 Å². The lowest BCUT2D eigenvalue weighted by Crippen LogP contribution is -2.35. The van der Waals surface area contributed by atoms with Crippen LogP contribution in [0.4, 0.5) is 4.79 Å². The first-order valence-corrected chi connectivity index (χ1v) is 10.8. The van der Waals surface area contributed by atoms with Crippen LogP contribution in [-0.2, 0) is 10.0 Å². The maximum atomic E-state index is 13.2. The third kappa shape index (κ3) is 4.42. The van der Waals surface area contributed by atoms with Gasteiger partial charge >= 0.3 is 6.09 Å². The molecule has 0 bridgehead atoms. The molecule has 8 nitrogen and oxygen atoms in total. The molecular weight excluding hydrogens is 406 g/mol. The minimum absolute atomic E-state index is 0.102. The van der Waals surface area contributed by atoms with Gasteiger partial charge in [-0.1, -0.05) is 12.1 Å². The third-order valence-corrected chi connectivity index (χ3v) is 6.34. The van der Waals surface area contributed by atoms with Crippen molar-refractivity contribution >= 4 is 27.0 Å². The minimum Gasteiger partial charge on any atom is -0.497 e. The highest BCUT2D eigenvalue weighted by atomic mass is 32.2. The molecule has 1 aromatic heterocycles. The van der Waals surface area contributed by atoms with Crippen molar-refractivity contribution < 1.29 is 22.7 Å². The quantitative estimate of drug-likeness (QED) is 0.572. The van der Waals surface area contributed by atoms with Crippen LogP contribution in [0.5, 0.6) is 11.5 Å². The summed E-state index contributed by atoms with van der Waals surface area (Å²) in [4.78, 5) is 16.0. The van der Waals surface area contributed by atoms with Gasteiger partial charge in [-0.2, -0.15) is 0 Å². The molecule has 30 heavy (non-hydrogen) atoms. The molecule has 0 saturated carbocycles. The molecule has 0 aliphatic carbocycles. The molecule has 0 aliphatic rings. The van der Waals surface area contributed by atoms with Crippen LogP contribution in [0.3, 0.4) is 0 Å². The van der Waals surface area contributed by atoms with Crippen LogP contribution in [0, 0.1) is 0 Å². The van der Waals surface area contributed by atoms with Crippen molar-refractivity contribution in [3.8, 4) is 11.5 Å². The number of carbonyl (C=O) groups is 1. The van der Waals surface area contributed by atoms with Gasteiger partial charge in [0.15, 0.2) is 5.75 Å². The van der Waals surface area contributed by atoms with Gasteiger partial charge in [0.25, 0.3) is 10.0 Å². The second kappa shape index (κ2) is 8.76. The number of hydrogen-bond acceptors (Lipinski definition) is 6. The van der Waals surface area contributed by atoms with Crippen molar-refractivity contribution in [1.82, 2.24) is 13.8 Å². The summed E-state index contributed by atoms with van der Waals surface area (Å²) in [6.45, 7) is 1.16. The first kappa shape index (κ1) is 21.7. The fraction of sp³-hybridized carbons (Fsp3) is 0.286. The molecule has 1 heterocycles. The van der Waals surface area contributed by atoms with E-state index in [4.69, 9.17) is 9.47 Å². The average Bonchev–Trinajstić information content (AvgIpc) is 3.11. The standard InChI is InChI=1S/C21H25N3O5S/c1-22(2)13-14-23(3)21(25)29-20-15-24(19-8-6-5-7-18(19)20)30(26,27)17-11-9-16(28-4)10-12-17/h5-12,15H,13-14H2,1-4H3. The monoisotopic (exact) mass is 431 g/mol. The van der Waals surface area contributed by atoms with Crippen molar-refractivity contribution in [3.63, 3.8) is 0 Å². The number of carbonyl (C=O) groups excluding carboxylic acids is 1. The van der Waals surface area contributed by atoms with E-state index in [0.29, 0.717) is 29.7 Å². The zero-order chi connectivity index (χ0) is 21.9. The number of fused-ring (bicyclic) bond motifs is 1. The maximum Gasteiger partial charge on any atom is 0.415 e. The molecular formula is C21H25N3O5S. The Balaban J connectivity index is 1.96. The third-order valence-electron chi connectivity index (χ3n) is 4.65. The SMILES string of the molecule is COc1ccc(S(=O)(=O)n2cc(OC(=O)N(C)CCN(C)C)c3ccccc32)cc1. The number of benzene rings is 2. The number of nitrogens with zero attached hydrogens (tertiary/aromatic N) is 3. The van der Waals surface area contributed by atoms with Gasteiger partial charge in [-0.25, -0.2) is 17.2 Å². The summed E-state index contributed by atoms with van der Waals surface area (Å²) in [6.07, 6.45) is 0.781. The molecule has 0 radical (unpaired) electrons. The van der Waals surface area contributed by atoms with E-state index >= 15 is 0 Å². The van der Waals surface area contributed by atoms with Crippen LogP contribution in [-0.4, -0.2) is 69.6 Å². The minimum atomic E-state index is -3.90. The lowest BCUT2D eigenvalue weighted by molar-refractivity contribution is 0.159. The molecule has 3 rings (SSSR count). The summed E-state index contributed by atoms with van der Waals surface area (Å²) in [5, 5.41) is 0.531.